The Bertz CT molecular complexity index is 378. The van der Waals surface area contributed by atoms with E-state index in [-0.39, 0.29) is 11.8 Å². The van der Waals surface area contributed by atoms with E-state index >= 15 is 0 Å². The van der Waals surface area contributed by atoms with Gasteiger partial charge in [-0.1, -0.05) is 6.92 Å². The van der Waals surface area contributed by atoms with Crippen LogP contribution in [0.2, 0.25) is 0 Å². The number of hydrogen-bond acceptors (Lipinski definition) is 4. The molecule has 1 atom stereocenters. The molecule has 0 spiro atoms. The minimum atomic E-state index is -0.0208. The highest BCUT2D eigenvalue weighted by Gasteiger charge is 2.24. The molecule has 1 N–H and O–H groups in total. The van der Waals surface area contributed by atoms with Crippen molar-refractivity contribution < 1.29 is 9.53 Å². The fourth-order valence-electron chi connectivity index (χ4n) is 1.49. The fourth-order valence-corrected chi connectivity index (χ4v) is 1.49. The third-order valence-electron chi connectivity index (χ3n) is 2.20. The molecule has 2 heterocycles. The Labute approximate surface area is 81.5 Å². The lowest BCUT2D eigenvalue weighted by Gasteiger charge is -2.20. The number of methoxy groups -OCH3 is 1. The number of rotatable bonds is 1. The summed E-state index contributed by atoms with van der Waals surface area (Å²) in [4.78, 5) is 19.5. The van der Waals surface area contributed by atoms with Crippen molar-refractivity contribution in [2.45, 2.75) is 19.3 Å². The second-order valence-electron chi connectivity index (χ2n) is 3.30. The molecule has 0 saturated heterocycles. The summed E-state index contributed by atoms with van der Waals surface area (Å²) >= 11 is 0. The Morgan fingerprint density at radius 3 is 3.14 bits per heavy atom. The van der Waals surface area contributed by atoms with Gasteiger partial charge in [0, 0.05) is 12.3 Å². The van der Waals surface area contributed by atoms with E-state index in [9.17, 15) is 4.79 Å². The second-order valence-corrected chi connectivity index (χ2v) is 3.30. The van der Waals surface area contributed by atoms with E-state index in [1.54, 1.807) is 6.20 Å². The lowest BCUT2D eigenvalue weighted by molar-refractivity contribution is -0.116. The van der Waals surface area contributed by atoms with Gasteiger partial charge < -0.3 is 10.1 Å². The molecule has 0 radical (unpaired) electrons. The minimum absolute atomic E-state index is 0.0208. The lowest BCUT2D eigenvalue weighted by atomic mass is 10.00. The third-order valence-corrected chi connectivity index (χ3v) is 2.20. The first-order chi connectivity index (χ1) is 6.70. The molecule has 0 bridgehead atoms. The van der Waals surface area contributed by atoms with Crippen LogP contribution in [0.15, 0.2) is 6.20 Å². The molecule has 0 saturated carbocycles. The normalized spacial score (nSPS) is 19.9. The Balaban J connectivity index is 2.43. The molecule has 0 aliphatic carbocycles. The number of carbonyl (C=O) groups is 1. The second kappa shape index (κ2) is 3.25. The van der Waals surface area contributed by atoms with Gasteiger partial charge >= 0.3 is 0 Å². The largest absolute Gasteiger partial charge is 0.480 e. The molecule has 14 heavy (non-hydrogen) atoms. The summed E-state index contributed by atoms with van der Waals surface area (Å²) in [5.41, 5.74) is 0.824. The highest BCUT2D eigenvalue weighted by molar-refractivity contribution is 5.93. The van der Waals surface area contributed by atoms with Crippen LogP contribution in [0.1, 0.15) is 25.0 Å². The summed E-state index contributed by atoms with van der Waals surface area (Å²) in [6.45, 7) is 1.96. The van der Waals surface area contributed by atoms with E-state index in [4.69, 9.17) is 4.74 Å². The predicted octanol–water partition coefficient (Wildman–Crippen LogP) is 0.931. The van der Waals surface area contributed by atoms with Crippen molar-refractivity contribution in [3.05, 3.63) is 11.9 Å². The number of amides is 1. The van der Waals surface area contributed by atoms with E-state index in [1.165, 1.54) is 7.11 Å². The zero-order chi connectivity index (χ0) is 10.1. The maximum absolute atomic E-state index is 11.2. The molecule has 1 aliphatic rings. The van der Waals surface area contributed by atoms with E-state index in [0.29, 0.717) is 18.1 Å². The van der Waals surface area contributed by atoms with E-state index in [0.717, 1.165) is 5.69 Å². The highest BCUT2D eigenvalue weighted by atomic mass is 16.5. The minimum Gasteiger partial charge on any atom is -0.480 e. The van der Waals surface area contributed by atoms with Gasteiger partial charge in [0.2, 0.25) is 11.8 Å². The highest BCUT2D eigenvalue weighted by Crippen LogP contribution is 2.29. The molecule has 1 amide bonds. The smallest absolute Gasteiger partial charge is 0.234 e. The molecule has 5 heteroatoms. The van der Waals surface area contributed by atoms with Gasteiger partial charge in [0.15, 0.2) is 5.82 Å². The van der Waals surface area contributed by atoms with Crippen molar-refractivity contribution in [1.82, 2.24) is 9.97 Å². The van der Waals surface area contributed by atoms with Crippen LogP contribution in [0, 0.1) is 0 Å². The molecule has 0 aromatic carbocycles. The lowest BCUT2D eigenvalue weighted by Crippen LogP contribution is -2.23. The molecule has 1 aliphatic heterocycles. The van der Waals surface area contributed by atoms with Gasteiger partial charge in [-0.25, -0.2) is 0 Å². The van der Waals surface area contributed by atoms with Gasteiger partial charge in [0.1, 0.15) is 0 Å². The standard InChI is InChI=1S/C9H11N3O2/c1-5-3-6(13)11-9-8(5)10-4-7(12-9)14-2/h4-5H,3H2,1-2H3,(H,11,12,13). The van der Waals surface area contributed by atoms with Crippen molar-refractivity contribution in [1.29, 1.82) is 0 Å². The van der Waals surface area contributed by atoms with Crippen LogP contribution in [0.5, 0.6) is 5.88 Å². The number of fused-ring (bicyclic) bond motifs is 1. The first-order valence-corrected chi connectivity index (χ1v) is 4.41. The van der Waals surface area contributed by atoms with Gasteiger partial charge in [-0.15, -0.1) is 0 Å². The van der Waals surface area contributed by atoms with Crippen molar-refractivity contribution >= 4 is 11.7 Å². The van der Waals surface area contributed by atoms with Crippen LogP contribution in [0.3, 0.4) is 0 Å². The Morgan fingerprint density at radius 2 is 2.43 bits per heavy atom. The maximum atomic E-state index is 11.2. The third kappa shape index (κ3) is 1.41. The number of carbonyl (C=O) groups excluding carboxylic acids is 1. The van der Waals surface area contributed by atoms with Crippen molar-refractivity contribution in [2.24, 2.45) is 0 Å². The van der Waals surface area contributed by atoms with Crippen molar-refractivity contribution in [3.8, 4) is 5.88 Å². The number of nitrogens with one attached hydrogen (secondary N) is 1. The molecule has 1 aromatic rings. The first-order valence-electron chi connectivity index (χ1n) is 4.41. The van der Waals surface area contributed by atoms with Crippen LogP contribution < -0.4 is 10.1 Å². The van der Waals surface area contributed by atoms with E-state index in [1.807, 2.05) is 6.92 Å². The molecular formula is C9H11N3O2. The number of hydrogen-bond donors (Lipinski definition) is 1. The van der Waals surface area contributed by atoms with E-state index < -0.39 is 0 Å². The molecule has 1 aromatic heterocycles. The van der Waals surface area contributed by atoms with Gasteiger partial charge in [-0.05, 0) is 0 Å². The summed E-state index contributed by atoms with van der Waals surface area (Å²) in [6, 6.07) is 0. The van der Waals surface area contributed by atoms with Crippen LogP contribution in [0.4, 0.5) is 5.82 Å². The first kappa shape index (κ1) is 8.93. The van der Waals surface area contributed by atoms with Gasteiger partial charge in [0.05, 0.1) is 19.0 Å². The topological polar surface area (TPSA) is 64.1 Å². The number of aromatic nitrogens is 2. The number of nitrogens with zero attached hydrogens (tertiary/aromatic N) is 2. The molecule has 74 valence electrons. The molecular weight excluding hydrogens is 182 g/mol. The molecule has 5 nitrogen and oxygen atoms in total. The summed E-state index contributed by atoms with van der Waals surface area (Å²) in [5.74, 6) is 1.04. The average Bonchev–Trinajstić information content (AvgIpc) is 2.16. The van der Waals surface area contributed by atoms with Crippen molar-refractivity contribution in [2.75, 3.05) is 12.4 Å². The summed E-state index contributed by atoms with van der Waals surface area (Å²) in [7, 11) is 1.52. The Morgan fingerprint density at radius 1 is 1.64 bits per heavy atom. The summed E-state index contributed by atoms with van der Waals surface area (Å²) < 4.78 is 4.93. The zero-order valence-electron chi connectivity index (χ0n) is 8.07. The van der Waals surface area contributed by atoms with Gasteiger partial charge in [-0.3, -0.25) is 9.78 Å². The number of anilines is 1. The predicted molar refractivity (Wildman–Crippen MR) is 50.2 cm³/mol. The van der Waals surface area contributed by atoms with Crippen molar-refractivity contribution in [3.63, 3.8) is 0 Å². The SMILES string of the molecule is COc1cnc2c(n1)NC(=O)CC2C. The van der Waals surface area contributed by atoms with Crippen LogP contribution in [-0.4, -0.2) is 23.0 Å². The summed E-state index contributed by atoms with van der Waals surface area (Å²) in [6.07, 6.45) is 2.03. The molecule has 1 unspecified atom stereocenters. The average molecular weight is 193 g/mol. The quantitative estimate of drug-likeness (QED) is 0.720. The fraction of sp³-hybridized carbons (Fsp3) is 0.444. The maximum Gasteiger partial charge on any atom is 0.234 e. The Hall–Kier alpha value is -1.65. The van der Waals surface area contributed by atoms with Crippen LogP contribution in [0.25, 0.3) is 0 Å². The monoisotopic (exact) mass is 193 g/mol. The Kier molecular flexibility index (Phi) is 2.07. The van der Waals surface area contributed by atoms with Gasteiger partial charge in [0.25, 0.3) is 0 Å². The van der Waals surface area contributed by atoms with Crippen LogP contribution >= 0.6 is 0 Å². The van der Waals surface area contributed by atoms with E-state index in [2.05, 4.69) is 15.3 Å². The molecule has 2 rings (SSSR count). The molecule has 0 fully saturated rings. The summed E-state index contributed by atoms with van der Waals surface area (Å²) in [5, 5.41) is 2.67. The van der Waals surface area contributed by atoms with Gasteiger partial charge in [-0.2, -0.15) is 4.98 Å². The zero-order valence-corrected chi connectivity index (χ0v) is 8.07. The van der Waals surface area contributed by atoms with Crippen LogP contribution in [-0.2, 0) is 4.79 Å². The number of ether oxygens (including phenoxy) is 1.